The molecule has 0 saturated carbocycles. The molecular weight excluding hydrogens is 505 g/mol. The van der Waals surface area contributed by atoms with Gasteiger partial charge in [-0.05, 0) is 6.92 Å². The second-order valence-electron chi connectivity index (χ2n) is 6.08. The molecule has 17 nitrogen and oxygen atoms in total. The van der Waals surface area contributed by atoms with Crippen molar-refractivity contribution in [1.82, 2.24) is 9.55 Å². The molecule has 1 fully saturated rings. The van der Waals surface area contributed by atoms with Crippen LogP contribution in [0.3, 0.4) is 0 Å². The van der Waals surface area contributed by atoms with Crippen LogP contribution in [-0.2, 0) is 31.6 Å². The molecule has 1 aliphatic heterocycles. The Labute approximate surface area is 177 Å². The molecule has 0 amide bonds. The van der Waals surface area contributed by atoms with Crippen LogP contribution in [0.4, 0.5) is 0 Å². The molecular formula is C12H17N2O15P3. The average molecular weight is 522 g/mol. The van der Waals surface area contributed by atoms with E-state index < -0.39 is 65.4 Å². The van der Waals surface area contributed by atoms with Gasteiger partial charge in [-0.15, -0.1) is 5.92 Å². The standard InChI is InChI=1S/C12H17N2O15P3/c1-2-4-12(18)9(16)7(27-10(12)14-5-3-8(15)13-11(14)17)6-26-31(22,23)29-32(24,25)28-30(19,20)21/h3,5,7,9-10,16,18H,6H2,1H3,(H,22,23)(H,24,25)(H,13,15,17)(H2,19,20,21)/t7-,9-,10-,12+/m1/s1. The Kier molecular flexibility index (Phi) is 7.88. The van der Waals surface area contributed by atoms with Gasteiger partial charge in [0.15, 0.2) is 11.8 Å². The number of ether oxygens (including phenoxy) is 1. The number of hydrogen-bond donors (Lipinski definition) is 7. The van der Waals surface area contributed by atoms with Gasteiger partial charge in [-0.3, -0.25) is 18.9 Å². The van der Waals surface area contributed by atoms with Gasteiger partial charge in [0.1, 0.15) is 12.2 Å². The third-order valence-corrected chi connectivity index (χ3v) is 7.53. The number of rotatable bonds is 8. The van der Waals surface area contributed by atoms with Crippen LogP contribution >= 0.6 is 23.5 Å². The summed E-state index contributed by atoms with van der Waals surface area (Å²) < 4.78 is 51.2. The number of aliphatic hydroxyl groups is 2. The Morgan fingerprint density at radius 1 is 1.19 bits per heavy atom. The largest absolute Gasteiger partial charge is 0.490 e. The van der Waals surface area contributed by atoms with E-state index in [4.69, 9.17) is 19.4 Å². The molecule has 1 aliphatic rings. The first-order chi connectivity index (χ1) is 14.5. The van der Waals surface area contributed by atoms with Gasteiger partial charge in [0.25, 0.3) is 5.56 Å². The van der Waals surface area contributed by atoms with E-state index in [9.17, 15) is 38.4 Å². The first-order valence-electron chi connectivity index (χ1n) is 8.09. The predicted molar refractivity (Wildman–Crippen MR) is 99.5 cm³/mol. The van der Waals surface area contributed by atoms with Crippen molar-refractivity contribution in [2.75, 3.05) is 6.61 Å². The van der Waals surface area contributed by atoms with Crippen molar-refractivity contribution in [2.45, 2.75) is 31.0 Å². The molecule has 0 radical (unpaired) electrons. The van der Waals surface area contributed by atoms with E-state index in [-0.39, 0.29) is 0 Å². The Morgan fingerprint density at radius 3 is 2.34 bits per heavy atom. The Morgan fingerprint density at radius 2 is 1.81 bits per heavy atom. The van der Waals surface area contributed by atoms with E-state index in [1.54, 1.807) is 0 Å². The summed E-state index contributed by atoms with van der Waals surface area (Å²) in [6.45, 7) is 0.157. The number of H-pyrrole nitrogens is 1. The molecule has 2 heterocycles. The summed E-state index contributed by atoms with van der Waals surface area (Å²) in [6, 6.07) is 0.899. The lowest BCUT2D eigenvalue weighted by Gasteiger charge is -2.26. The van der Waals surface area contributed by atoms with Crippen LogP contribution in [0.5, 0.6) is 0 Å². The molecule has 7 N–H and O–H groups in total. The number of aromatic amines is 1. The highest BCUT2D eigenvalue weighted by Gasteiger charge is 2.56. The molecule has 1 aromatic rings. The molecule has 1 aromatic heterocycles. The monoisotopic (exact) mass is 522 g/mol. The lowest BCUT2D eigenvalue weighted by molar-refractivity contribution is -0.0762. The maximum absolute atomic E-state index is 12.0. The first-order valence-corrected chi connectivity index (χ1v) is 12.6. The molecule has 0 spiro atoms. The summed E-state index contributed by atoms with van der Waals surface area (Å²) in [5.74, 6) is 4.52. The van der Waals surface area contributed by atoms with E-state index in [0.29, 0.717) is 4.57 Å². The maximum atomic E-state index is 12.0. The van der Waals surface area contributed by atoms with Gasteiger partial charge < -0.3 is 34.5 Å². The SMILES string of the molecule is CC#C[C@]1(O)[C@H](O)[C@@H](COP(=O)(O)OP(=O)(O)OP(=O)(O)O)O[C@H]1n1ccc(=O)[nH]c1=O. The summed E-state index contributed by atoms with van der Waals surface area (Å²) in [6.07, 6.45) is -4.52. The summed E-state index contributed by atoms with van der Waals surface area (Å²) in [7, 11) is -16.9. The molecule has 2 rings (SSSR count). The molecule has 2 unspecified atom stereocenters. The molecule has 1 saturated heterocycles. The summed E-state index contributed by atoms with van der Waals surface area (Å²) in [5.41, 5.74) is -4.32. The van der Waals surface area contributed by atoms with Crippen molar-refractivity contribution < 1.29 is 61.4 Å². The van der Waals surface area contributed by atoms with E-state index in [0.717, 1.165) is 12.3 Å². The average Bonchev–Trinajstić information content (AvgIpc) is 2.82. The summed E-state index contributed by atoms with van der Waals surface area (Å²) >= 11 is 0. The fourth-order valence-corrected chi connectivity index (χ4v) is 5.63. The van der Waals surface area contributed by atoms with Gasteiger partial charge in [-0.25, -0.2) is 18.5 Å². The number of phosphoric ester groups is 1. The molecule has 0 aromatic carbocycles. The molecule has 32 heavy (non-hydrogen) atoms. The van der Waals surface area contributed by atoms with Crippen molar-refractivity contribution in [3.63, 3.8) is 0 Å². The van der Waals surface area contributed by atoms with Gasteiger partial charge in [0.2, 0.25) is 0 Å². The minimum absolute atomic E-state index is 0.666. The van der Waals surface area contributed by atoms with Gasteiger partial charge in [-0.2, -0.15) is 8.62 Å². The minimum atomic E-state index is -5.77. The molecule has 180 valence electrons. The fourth-order valence-electron chi connectivity index (χ4n) is 2.60. The van der Waals surface area contributed by atoms with Gasteiger partial charge >= 0.3 is 29.2 Å². The van der Waals surface area contributed by atoms with Crippen LogP contribution in [0.1, 0.15) is 13.2 Å². The number of phosphoric acid groups is 3. The van der Waals surface area contributed by atoms with Crippen molar-refractivity contribution in [3.8, 4) is 11.8 Å². The van der Waals surface area contributed by atoms with Crippen LogP contribution < -0.4 is 11.2 Å². The highest BCUT2D eigenvalue weighted by atomic mass is 31.3. The molecule has 0 bridgehead atoms. The zero-order valence-electron chi connectivity index (χ0n) is 15.7. The van der Waals surface area contributed by atoms with E-state index in [1.165, 1.54) is 6.92 Å². The highest BCUT2D eigenvalue weighted by molar-refractivity contribution is 7.66. The van der Waals surface area contributed by atoms with E-state index in [1.807, 2.05) is 4.98 Å². The van der Waals surface area contributed by atoms with Crippen LogP contribution in [0, 0.1) is 11.8 Å². The Balaban J connectivity index is 2.24. The quantitative estimate of drug-likeness (QED) is 0.142. The summed E-state index contributed by atoms with van der Waals surface area (Å²) in [4.78, 5) is 60.8. The Hall–Kier alpha value is -1.47. The van der Waals surface area contributed by atoms with Crippen molar-refractivity contribution in [2.24, 2.45) is 0 Å². The van der Waals surface area contributed by atoms with Crippen molar-refractivity contribution in [3.05, 3.63) is 33.1 Å². The first kappa shape index (κ1) is 26.8. The van der Waals surface area contributed by atoms with Crippen molar-refractivity contribution >= 4 is 23.5 Å². The third kappa shape index (κ3) is 6.53. The molecule has 6 atom stereocenters. The Bertz CT molecular complexity index is 1180. The number of hydrogen-bond acceptors (Lipinski definition) is 11. The number of nitrogens with zero attached hydrogens (tertiary/aromatic N) is 1. The van der Waals surface area contributed by atoms with Gasteiger partial charge in [-0.1, -0.05) is 5.92 Å². The fraction of sp³-hybridized carbons (Fsp3) is 0.500. The molecule has 20 heteroatoms. The minimum Gasteiger partial charge on any atom is -0.386 e. The highest BCUT2D eigenvalue weighted by Crippen LogP contribution is 2.66. The predicted octanol–water partition coefficient (Wildman–Crippen LogP) is -2.11. The smallest absolute Gasteiger partial charge is 0.386 e. The van der Waals surface area contributed by atoms with Crippen molar-refractivity contribution in [1.29, 1.82) is 0 Å². The normalized spacial score (nSPS) is 29.5. The van der Waals surface area contributed by atoms with E-state index in [2.05, 4.69) is 25.0 Å². The molecule has 0 aliphatic carbocycles. The maximum Gasteiger partial charge on any atom is 0.490 e. The topological polar surface area (TPSA) is 264 Å². The van der Waals surface area contributed by atoms with Gasteiger partial charge in [0.05, 0.1) is 6.61 Å². The lowest BCUT2D eigenvalue weighted by atomic mass is 9.94. The van der Waals surface area contributed by atoms with Crippen LogP contribution in [-0.4, -0.2) is 63.8 Å². The summed E-state index contributed by atoms with van der Waals surface area (Å²) in [5, 5.41) is 21.2. The van der Waals surface area contributed by atoms with Crippen LogP contribution in [0.15, 0.2) is 21.9 Å². The number of aliphatic hydroxyl groups excluding tert-OH is 1. The van der Waals surface area contributed by atoms with Gasteiger partial charge in [0, 0.05) is 12.3 Å². The zero-order chi connectivity index (χ0) is 24.5. The lowest BCUT2D eigenvalue weighted by Crippen LogP contribution is -2.48. The second kappa shape index (κ2) is 9.41. The second-order valence-corrected chi connectivity index (χ2v) is 10.5. The zero-order valence-corrected chi connectivity index (χ0v) is 18.4. The van der Waals surface area contributed by atoms with Crippen LogP contribution in [0.25, 0.3) is 0 Å². The number of aromatic nitrogens is 2. The van der Waals surface area contributed by atoms with E-state index >= 15 is 0 Å². The van der Waals surface area contributed by atoms with Crippen LogP contribution in [0.2, 0.25) is 0 Å². The number of nitrogens with one attached hydrogen (secondary N) is 1. The third-order valence-electron chi connectivity index (χ3n) is 3.73.